The number of aliphatic hydroxyl groups is 3. The second-order valence-corrected chi connectivity index (χ2v) is 9.75. The van der Waals surface area contributed by atoms with E-state index < -0.39 is 0 Å². The molecule has 3 N–H and O–H groups in total. The van der Waals surface area contributed by atoms with E-state index in [4.69, 9.17) is 43.7 Å². The van der Waals surface area contributed by atoms with Gasteiger partial charge in [0.15, 0.2) is 0 Å². The Morgan fingerprint density at radius 3 is 1.13 bits per heavy atom. The highest BCUT2D eigenvalue weighted by Gasteiger charge is 2.21. The highest BCUT2D eigenvalue weighted by molar-refractivity contribution is 5.83. The molecule has 0 fully saturated rings. The Balaban J connectivity index is 0. The molecule has 0 radical (unpaired) electrons. The fourth-order valence-electron chi connectivity index (χ4n) is 3.23. The maximum Gasteiger partial charge on any atom is 0.143 e. The van der Waals surface area contributed by atoms with Crippen molar-refractivity contribution in [2.75, 3.05) is 79.3 Å². The van der Waals surface area contributed by atoms with Gasteiger partial charge in [-0.05, 0) is 20.8 Å². The zero-order valence-corrected chi connectivity index (χ0v) is 25.3. The SMILES string of the molecule is CC(COCC(C)C(=O)C(C)COCC(C)OCCO)OCCO.CCC(=O)C(C)COCC(C)OCCO. The van der Waals surface area contributed by atoms with Crippen LogP contribution in [0.1, 0.15) is 54.9 Å². The van der Waals surface area contributed by atoms with Crippen molar-refractivity contribution in [1.29, 1.82) is 0 Å². The molecule has 6 unspecified atom stereocenters. The molecule has 0 saturated carbocycles. The van der Waals surface area contributed by atoms with Gasteiger partial charge in [0, 0.05) is 24.2 Å². The van der Waals surface area contributed by atoms with Crippen LogP contribution in [0.5, 0.6) is 0 Å². The zero-order valence-electron chi connectivity index (χ0n) is 25.3. The average Bonchev–Trinajstić information content (AvgIpc) is 2.92. The molecule has 0 bridgehead atoms. The van der Waals surface area contributed by atoms with Crippen LogP contribution in [0.3, 0.4) is 0 Å². The number of Topliss-reactive ketones (excluding diaryl/α,β-unsaturated/α-hetero) is 2. The monoisotopic (exact) mass is 568 g/mol. The number of carbonyl (C=O) groups is 2. The summed E-state index contributed by atoms with van der Waals surface area (Å²) >= 11 is 0. The van der Waals surface area contributed by atoms with E-state index in [0.29, 0.717) is 52.7 Å². The predicted octanol–water partition coefficient (Wildman–Crippen LogP) is 1.67. The molecule has 0 aromatic heterocycles. The van der Waals surface area contributed by atoms with Crippen molar-refractivity contribution in [3.8, 4) is 0 Å². The van der Waals surface area contributed by atoms with Crippen molar-refractivity contribution in [2.24, 2.45) is 17.8 Å². The molecule has 0 amide bonds. The van der Waals surface area contributed by atoms with Gasteiger partial charge in [0.05, 0.1) is 97.6 Å². The molecule has 39 heavy (non-hydrogen) atoms. The Morgan fingerprint density at radius 1 is 0.538 bits per heavy atom. The van der Waals surface area contributed by atoms with Gasteiger partial charge >= 0.3 is 0 Å². The Hall–Kier alpha value is -1.02. The standard InChI is InChI=1S/C17H34O7.C11H22O4/c1-13(9-21-11-15(3)23-7-5-18)17(20)14(2)10-22-12-16(4)24-8-6-19;1-4-11(13)9(2)7-14-8-10(3)15-6-5-12/h13-16,18-19H,5-12H2,1-4H3;9-10,12H,4-8H2,1-3H3. The molecule has 0 saturated heterocycles. The van der Waals surface area contributed by atoms with Gasteiger partial charge in [0.1, 0.15) is 11.6 Å². The average molecular weight is 569 g/mol. The van der Waals surface area contributed by atoms with Crippen molar-refractivity contribution < 1.29 is 53.3 Å². The van der Waals surface area contributed by atoms with E-state index in [1.165, 1.54) is 0 Å². The molecule has 0 heterocycles. The zero-order chi connectivity index (χ0) is 30.1. The molecule has 0 aliphatic heterocycles. The Bertz CT molecular complexity index is 548. The van der Waals surface area contributed by atoms with Crippen LogP contribution in [0.25, 0.3) is 0 Å². The van der Waals surface area contributed by atoms with Crippen LogP contribution in [-0.2, 0) is 38.0 Å². The molecule has 6 atom stereocenters. The normalized spacial score (nSPS) is 15.9. The third kappa shape index (κ3) is 24.5. The summed E-state index contributed by atoms with van der Waals surface area (Å²) in [5.41, 5.74) is 0. The van der Waals surface area contributed by atoms with Crippen LogP contribution >= 0.6 is 0 Å². The maximum absolute atomic E-state index is 12.2. The second kappa shape index (κ2) is 27.2. The molecular weight excluding hydrogens is 512 g/mol. The summed E-state index contributed by atoms with van der Waals surface area (Å²) in [6.07, 6.45) is 0.295. The van der Waals surface area contributed by atoms with Gasteiger partial charge in [0.2, 0.25) is 0 Å². The van der Waals surface area contributed by atoms with E-state index in [1.807, 2.05) is 48.5 Å². The lowest BCUT2D eigenvalue weighted by molar-refractivity contribution is -0.131. The molecule has 11 nitrogen and oxygen atoms in total. The molecule has 0 spiro atoms. The molecule has 0 aromatic carbocycles. The predicted molar refractivity (Wildman–Crippen MR) is 148 cm³/mol. The molecule has 234 valence electrons. The van der Waals surface area contributed by atoms with Crippen LogP contribution in [0, 0.1) is 17.8 Å². The van der Waals surface area contributed by atoms with Crippen molar-refractivity contribution in [3.05, 3.63) is 0 Å². The van der Waals surface area contributed by atoms with Gasteiger partial charge in [-0.2, -0.15) is 0 Å². The number of carbonyl (C=O) groups excluding carboxylic acids is 2. The number of ether oxygens (including phenoxy) is 6. The first kappa shape index (κ1) is 40.1. The lowest BCUT2D eigenvalue weighted by Gasteiger charge is -2.19. The highest BCUT2D eigenvalue weighted by Crippen LogP contribution is 2.10. The largest absolute Gasteiger partial charge is 0.394 e. The third-order valence-corrected chi connectivity index (χ3v) is 5.51. The molecule has 0 rings (SSSR count). The minimum absolute atomic E-state index is 0.0135. The van der Waals surface area contributed by atoms with Crippen molar-refractivity contribution in [3.63, 3.8) is 0 Å². The van der Waals surface area contributed by atoms with Gasteiger partial charge in [-0.25, -0.2) is 0 Å². The van der Waals surface area contributed by atoms with E-state index in [0.717, 1.165) is 0 Å². The highest BCUT2D eigenvalue weighted by atomic mass is 16.5. The summed E-state index contributed by atoms with van der Waals surface area (Å²) in [6, 6.07) is 0. The second-order valence-electron chi connectivity index (χ2n) is 9.75. The Kier molecular flexibility index (Phi) is 27.9. The summed E-state index contributed by atoms with van der Waals surface area (Å²) in [7, 11) is 0. The third-order valence-electron chi connectivity index (χ3n) is 5.51. The lowest BCUT2D eigenvalue weighted by Crippen LogP contribution is -2.29. The fraction of sp³-hybridized carbons (Fsp3) is 0.929. The number of hydrogen-bond donors (Lipinski definition) is 3. The van der Waals surface area contributed by atoms with Crippen LogP contribution < -0.4 is 0 Å². The van der Waals surface area contributed by atoms with E-state index in [-0.39, 0.29) is 80.7 Å². The van der Waals surface area contributed by atoms with Gasteiger partial charge in [-0.3, -0.25) is 9.59 Å². The molecule has 11 heteroatoms. The van der Waals surface area contributed by atoms with E-state index >= 15 is 0 Å². The lowest BCUT2D eigenvalue weighted by atomic mass is 9.97. The summed E-state index contributed by atoms with van der Waals surface area (Å²) in [4.78, 5) is 23.5. The minimum Gasteiger partial charge on any atom is -0.394 e. The van der Waals surface area contributed by atoms with Crippen LogP contribution in [-0.4, -0.2) is 124 Å². The quantitative estimate of drug-likeness (QED) is 0.148. The summed E-state index contributed by atoms with van der Waals surface area (Å²) in [5, 5.41) is 25.9. The van der Waals surface area contributed by atoms with Crippen molar-refractivity contribution in [1.82, 2.24) is 0 Å². The Morgan fingerprint density at radius 2 is 0.846 bits per heavy atom. The molecule has 0 aromatic rings. The number of aliphatic hydroxyl groups excluding tert-OH is 3. The Labute approximate surface area is 235 Å². The molecular formula is C28H56O11. The van der Waals surface area contributed by atoms with E-state index in [1.54, 1.807) is 0 Å². The smallest absolute Gasteiger partial charge is 0.143 e. The van der Waals surface area contributed by atoms with Crippen LogP contribution in [0.15, 0.2) is 0 Å². The maximum atomic E-state index is 12.2. The van der Waals surface area contributed by atoms with Crippen molar-refractivity contribution >= 4 is 11.6 Å². The van der Waals surface area contributed by atoms with Gasteiger partial charge in [-0.1, -0.05) is 27.7 Å². The number of rotatable bonds is 25. The first-order chi connectivity index (χ1) is 18.5. The van der Waals surface area contributed by atoms with Crippen molar-refractivity contribution in [2.45, 2.75) is 73.2 Å². The van der Waals surface area contributed by atoms with Gasteiger partial charge < -0.3 is 43.7 Å². The minimum atomic E-state index is -0.211. The summed E-state index contributed by atoms with van der Waals surface area (Å²) in [5.74, 6) is -0.143. The molecule has 0 aliphatic rings. The van der Waals surface area contributed by atoms with Gasteiger partial charge in [-0.15, -0.1) is 0 Å². The van der Waals surface area contributed by atoms with Gasteiger partial charge in [0.25, 0.3) is 0 Å². The van der Waals surface area contributed by atoms with Crippen LogP contribution in [0.4, 0.5) is 0 Å². The summed E-state index contributed by atoms with van der Waals surface area (Å²) in [6.45, 7) is 16.3. The topological polar surface area (TPSA) is 150 Å². The fourth-order valence-corrected chi connectivity index (χ4v) is 3.23. The molecule has 0 aliphatic carbocycles. The van der Waals surface area contributed by atoms with E-state index in [9.17, 15) is 9.59 Å². The van der Waals surface area contributed by atoms with E-state index in [2.05, 4.69) is 0 Å². The number of hydrogen-bond acceptors (Lipinski definition) is 11. The van der Waals surface area contributed by atoms with Crippen LogP contribution in [0.2, 0.25) is 0 Å². The number of ketones is 2. The summed E-state index contributed by atoms with van der Waals surface area (Å²) < 4.78 is 32.1. The first-order valence-corrected chi connectivity index (χ1v) is 14.0. The first-order valence-electron chi connectivity index (χ1n) is 14.0.